The van der Waals surface area contributed by atoms with Crippen LogP contribution in [0.4, 0.5) is 20.3 Å². The monoisotopic (exact) mass is 468 g/mol. The first-order valence-electron chi connectivity index (χ1n) is 11.6. The molecule has 1 amide bonds. The Morgan fingerprint density at radius 1 is 1.15 bits per heavy atom. The first-order chi connectivity index (χ1) is 16.1. The summed E-state index contributed by atoms with van der Waals surface area (Å²) in [5.41, 5.74) is 3.44. The molecule has 1 saturated heterocycles. The summed E-state index contributed by atoms with van der Waals surface area (Å²) in [6.07, 6.45) is 3.12. The van der Waals surface area contributed by atoms with Gasteiger partial charge in [-0.1, -0.05) is 26.0 Å². The summed E-state index contributed by atoms with van der Waals surface area (Å²) in [5, 5.41) is 2.99. The van der Waals surface area contributed by atoms with Crippen molar-refractivity contribution >= 4 is 17.4 Å². The van der Waals surface area contributed by atoms with Gasteiger partial charge in [0.1, 0.15) is 5.82 Å². The molecule has 6 nitrogen and oxygen atoms in total. The highest BCUT2D eigenvalue weighted by Gasteiger charge is 2.33. The molecule has 1 fully saturated rings. The Kier molecular flexibility index (Phi) is 6.68. The number of pyridine rings is 1. The number of nitrogens with zero attached hydrogens (tertiary/aromatic N) is 3. The van der Waals surface area contributed by atoms with E-state index in [-0.39, 0.29) is 25.3 Å². The van der Waals surface area contributed by atoms with Crippen LogP contribution in [0.15, 0.2) is 41.1 Å². The average Bonchev–Trinajstić information content (AvgIpc) is 3.12. The van der Waals surface area contributed by atoms with Gasteiger partial charge < -0.3 is 14.6 Å². The van der Waals surface area contributed by atoms with Crippen LogP contribution >= 0.6 is 0 Å². The van der Waals surface area contributed by atoms with Crippen molar-refractivity contribution in [1.29, 1.82) is 0 Å². The lowest BCUT2D eigenvalue weighted by molar-refractivity contribution is -0.0102. The summed E-state index contributed by atoms with van der Waals surface area (Å²) in [7, 11) is 0. The van der Waals surface area contributed by atoms with E-state index < -0.39 is 5.92 Å². The molecule has 1 N–H and O–H groups in total. The van der Waals surface area contributed by atoms with E-state index in [4.69, 9.17) is 4.42 Å². The zero-order chi connectivity index (χ0) is 24.5. The molecule has 1 aliphatic rings. The summed E-state index contributed by atoms with van der Waals surface area (Å²) in [4.78, 5) is 24.1. The van der Waals surface area contributed by atoms with Gasteiger partial charge in [-0.3, -0.25) is 4.79 Å². The number of hydrogen-bond acceptors (Lipinski definition) is 5. The third kappa shape index (κ3) is 5.11. The van der Waals surface area contributed by atoms with E-state index in [1.807, 2.05) is 31.2 Å². The Labute approximate surface area is 198 Å². The zero-order valence-corrected chi connectivity index (χ0v) is 20.0. The number of carbonyl (C=O) groups excluding carboxylic acids is 1. The molecule has 2 aromatic heterocycles. The van der Waals surface area contributed by atoms with Gasteiger partial charge in [0.25, 0.3) is 5.91 Å². The number of halogens is 2. The van der Waals surface area contributed by atoms with E-state index in [0.29, 0.717) is 58.7 Å². The number of rotatable bonds is 5. The fraction of sp³-hybridized carbons (Fsp3) is 0.423. The van der Waals surface area contributed by atoms with E-state index in [1.165, 1.54) is 0 Å². The maximum atomic E-state index is 14.0. The smallest absolute Gasteiger partial charge is 0.259 e. The van der Waals surface area contributed by atoms with Crippen molar-refractivity contribution in [3.05, 3.63) is 59.2 Å². The molecule has 0 spiro atoms. The normalized spacial score (nSPS) is 15.9. The lowest BCUT2D eigenvalue weighted by Crippen LogP contribution is -2.30. The maximum Gasteiger partial charge on any atom is 0.259 e. The third-order valence-electron chi connectivity index (χ3n) is 6.26. The molecule has 0 aliphatic carbocycles. The molecule has 34 heavy (non-hydrogen) atoms. The summed E-state index contributed by atoms with van der Waals surface area (Å²) < 4.78 is 33.7. The van der Waals surface area contributed by atoms with E-state index in [0.717, 1.165) is 5.56 Å². The van der Waals surface area contributed by atoms with Crippen LogP contribution in [0.2, 0.25) is 0 Å². The summed E-state index contributed by atoms with van der Waals surface area (Å²) in [5.74, 6) is -1.31. The summed E-state index contributed by atoms with van der Waals surface area (Å²) >= 11 is 0. The molecule has 4 rings (SSSR count). The van der Waals surface area contributed by atoms with Gasteiger partial charge in [-0.25, -0.2) is 18.7 Å². The van der Waals surface area contributed by atoms with Crippen molar-refractivity contribution in [2.75, 3.05) is 23.3 Å². The second-order valence-corrected chi connectivity index (χ2v) is 9.17. The predicted molar refractivity (Wildman–Crippen MR) is 129 cm³/mol. The van der Waals surface area contributed by atoms with Crippen molar-refractivity contribution in [3.63, 3.8) is 0 Å². The topological polar surface area (TPSA) is 71.3 Å². The number of amides is 1. The first kappa shape index (κ1) is 23.9. The lowest BCUT2D eigenvalue weighted by Gasteiger charge is -2.25. The molecule has 180 valence electrons. The highest BCUT2D eigenvalue weighted by Crippen LogP contribution is 2.35. The number of aryl methyl sites for hydroxylation is 1. The van der Waals surface area contributed by atoms with E-state index >= 15 is 0 Å². The lowest BCUT2D eigenvalue weighted by atomic mass is 10.0. The van der Waals surface area contributed by atoms with Crippen LogP contribution in [-0.2, 0) is 0 Å². The predicted octanol–water partition coefficient (Wildman–Crippen LogP) is 6.35. The zero-order valence-electron chi connectivity index (χ0n) is 20.0. The Morgan fingerprint density at radius 3 is 2.65 bits per heavy atom. The number of carbonyl (C=O) groups is 1. The Bertz CT molecular complexity index is 1190. The number of oxazole rings is 1. The molecule has 3 heterocycles. The van der Waals surface area contributed by atoms with Crippen molar-refractivity contribution < 1.29 is 18.0 Å². The number of aromatic nitrogens is 2. The van der Waals surface area contributed by atoms with Crippen LogP contribution in [0.3, 0.4) is 0 Å². The minimum Gasteiger partial charge on any atom is -0.441 e. The van der Waals surface area contributed by atoms with Gasteiger partial charge in [-0.05, 0) is 42.5 Å². The van der Waals surface area contributed by atoms with Crippen LogP contribution in [0.25, 0.3) is 11.3 Å². The highest BCUT2D eigenvalue weighted by molar-refractivity contribution is 6.09. The first-order valence-corrected chi connectivity index (χ1v) is 11.6. The highest BCUT2D eigenvalue weighted by atomic mass is 19.3. The van der Waals surface area contributed by atoms with Gasteiger partial charge >= 0.3 is 0 Å². The van der Waals surface area contributed by atoms with E-state index in [9.17, 15) is 13.6 Å². The van der Waals surface area contributed by atoms with Crippen molar-refractivity contribution in [1.82, 2.24) is 9.97 Å². The quantitative estimate of drug-likeness (QED) is 0.472. The number of benzene rings is 1. The Morgan fingerprint density at radius 2 is 1.94 bits per heavy atom. The van der Waals surface area contributed by atoms with Crippen LogP contribution in [0.5, 0.6) is 0 Å². The van der Waals surface area contributed by atoms with Crippen molar-refractivity contribution in [2.24, 2.45) is 0 Å². The third-order valence-corrected chi connectivity index (χ3v) is 6.26. The van der Waals surface area contributed by atoms with Crippen LogP contribution < -0.4 is 10.2 Å². The number of alkyl halides is 2. The van der Waals surface area contributed by atoms with Crippen molar-refractivity contribution in [2.45, 2.75) is 58.8 Å². The molecule has 0 radical (unpaired) electrons. The summed E-state index contributed by atoms with van der Waals surface area (Å²) in [6.45, 7) is 8.28. The Hall–Kier alpha value is -3.29. The standard InChI is InChI=1S/C26H30F2N4O2/c1-16(2)19-7-5-8-20(13-19)31-25(33)23-17(3)21(22-15-29-18(4)34-22)14-30-24(23)32-11-6-9-26(27,28)10-12-32/h5,7-8,13-16H,6,9-12H2,1-4H3,(H,31,33). The van der Waals surface area contributed by atoms with Crippen LogP contribution in [0.1, 0.15) is 66.4 Å². The van der Waals surface area contributed by atoms with E-state index in [2.05, 4.69) is 29.1 Å². The van der Waals surface area contributed by atoms with Gasteiger partial charge in [0.15, 0.2) is 11.7 Å². The number of hydrogen-bond donors (Lipinski definition) is 1. The maximum absolute atomic E-state index is 14.0. The van der Waals surface area contributed by atoms with Crippen LogP contribution in [-0.4, -0.2) is 34.9 Å². The fourth-order valence-electron chi connectivity index (χ4n) is 4.28. The van der Waals surface area contributed by atoms with E-state index in [1.54, 1.807) is 24.2 Å². The van der Waals surface area contributed by atoms with Gasteiger partial charge in [0.2, 0.25) is 5.92 Å². The van der Waals surface area contributed by atoms with Gasteiger partial charge in [0.05, 0.1) is 11.8 Å². The molecular weight excluding hydrogens is 438 g/mol. The SMILES string of the molecule is Cc1ncc(-c2cnc(N3CCCC(F)(F)CC3)c(C(=O)Nc3cccc(C(C)C)c3)c2C)o1. The fourth-order valence-corrected chi connectivity index (χ4v) is 4.28. The molecule has 0 atom stereocenters. The van der Waals surface area contributed by atoms with Gasteiger partial charge in [-0.2, -0.15) is 0 Å². The van der Waals surface area contributed by atoms with Crippen molar-refractivity contribution in [3.8, 4) is 11.3 Å². The second-order valence-electron chi connectivity index (χ2n) is 9.17. The number of anilines is 2. The molecule has 0 bridgehead atoms. The number of nitrogens with one attached hydrogen (secondary N) is 1. The largest absolute Gasteiger partial charge is 0.441 e. The second kappa shape index (κ2) is 9.52. The van der Waals surface area contributed by atoms with Gasteiger partial charge in [0, 0.05) is 50.3 Å². The minimum atomic E-state index is -2.71. The molecular formula is C26H30F2N4O2. The van der Waals surface area contributed by atoms with Gasteiger partial charge in [-0.15, -0.1) is 0 Å². The molecule has 1 aromatic carbocycles. The average molecular weight is 469 g/mol. The molecule has 1 aliphatic heterocycles. The Balaban J connectivity index is 1.75. The van der Waals surface area contributed by atoms with Crippen LogP contribution in [0, 0.1) is 13.8 Å². The minimum absolute atomic E-state index is 0.128. The molecule has 0 saturated carbocycles. The molecule has 3 aromatic rings. The summed E-state index contributed by atoms with van der Waals surface area (Å²) in [6, 6.07) is 7.70. The molecule has 8 heteroatoms. The molecule has 0 unspecified atom stereocenters.